The van der Waals surface area contributed by atoms with E-state index in [0.29, 0.717) is 24.9 Å². The molecule has 0 saturated carbocycles. The number of nitrogens with zero attached hydrogens (tertiary/aromatic N) is 2. The molecule has 8 heteroatoms. The number of phenols is 1. The molecule has 6 N–H and O–H groups in total. The molecule has 1 aromatic rings. The van der Waals surface area contributed by atoms with Gasteiger partial charge in [-0.1, -0.05) is 15.9 Å². The maximum atomic E-state index is 11.1. The van der Waals surface area contributed by atoms with Crippen LogP contribution in [0.4, 0.5) is 0 Å². The normalized spacial score (nSPS) is 12.2. The molecule has 1 aromatic carbocycles. The maximum Gasteiger partial charge on any atom is 0.328 e. The first-order valence-electron chi connectivity index (χ1n) is 6.20. The van der Waals surface area contributed by atoms with Crippen LogP contribution in [0.1, 0.15) is 18.4 Å². The number of rotatable bonds is 7. The minimum atomic E-state index is -1.04. The van der Waals surface area contributed by atoms with Crippen molar-refractivity contribution in [2.45, 2.75) is 18.9 Å². The Kier molecular flexibility index (Phi) is 6.67. The lowest BCUT2D eigenvalue weighted by molar-refractivity contribution is -0.138. The summed E-state index contributed by atoms with van der Waals surface area (Å²) in [7, 11) is 0. The van der Waals surface area contributed by atoms with E-state index < -0.39 is 12.0 Å². The van der Waals surface area contributed by atoms with Gasteiger partial charge in [-0.15, -0.1) is 0 Å². The van der Waals surface area contributed by atoms with E-state index in [1.807, 2.05) is 0 Å². The number of guanidine groups is 1. The first-order valence-corrected chi connectivity index (χ1v) is 6.99. The predicted molar refractivity (Wildman–Crippen MR) is 84.7 cm³/mol. The first kappa shape index (κ1) is 17.0. The summed E-state index contributed by atoms with van der Waals surface area (Å²) in [6.07, 6.45) is 2.15. The van der Waals surface area contributed by atoms with Crippen LogP contribution in [0.5, 0.6) is 5.75 Å². The minimum Gasteiger partial charge on any atom is -0.507 e. The summed E-state index contributed by atoms with van der Waals surface area (Å²) in [6.45, 7) is 0.351. The van der Waals surface area contributed by atoms with E-state index in [0.717, 1.165) is 4.47 Å². The molecule has 0 aliphatic heterocycles. The standard InChI is InChI=1S/C13H17BrN4O3/c14-9-3-4-11(19)8(6-9)7-18-10(12(20)21)2-1-5-17-13(15)16/h3-4,6-7,10,19H,1-2,5H2,(H,20,21)(H4,15,16,17)/t10-/m0/s1. The number of aliphatic imine (C=N–C) groups is 2. The third-order valence-electron chi connectivity index (χ3n) is 2.60. The molecule has 114 valence electrons. The number of hydrogen-bond donors (Lipinski definition) is 4. The number of hydrogen-bond acceptors (Lipinski definition) is 4. The summed E-state index contributed by atoms with van der Waals surface area (Å²) in [4.78, 5) is 18.9. The summed E-state index contributed by atoms with van der Waals surface area (Å²) >= 11 is 3.27. The molecule has 1 rings (SSSR count). The zero-order valence-corrected chi connectivity index (χ0v) is 12.8. The Balaban J connectivity index is 2.69. The predicted octanol–water partition coefficient (Wildman–Crippen LogP) is 1.08. The van der Waals surface area contributed by atoms with E-state index in [1.54, 1.807) is 12.1 Å². The Hall–Kier alpha value is -2.09. The van der Waals surface area contributed by atoms with Gasteiger partial charge in [-0.05, 0) is 31.0 Å². The summed E-state index contributed by atoms with van der Waals surface area (Å²) in [6, 6.07) is 3.92. The van der Waals surface area contributed by atoms with Crippen LogP contribution < -0.4 is 11.5 Å². The van der Waals surface area contributed by atoms with Gasteiger partial charge in [0.15, 0.2) is 5.96 Å². The van der Waals surface area contributed by atoms with Crippen LogP contribution in [-0.4, -0.2) is 40.9 Å². The Bertz CT molecular complexity index is 556. The zero-order chi connectivity index (χ0) is 15.8. The molecule has 0 radical (unpaired) electrons. The molecular formula is C13H17BrN4O3. The number of nitrogens with two attached hydrogens (primary N) is 2. The van der Waals surface area contributed by atoms with E-state index in [2.05, 4.69) is 25.9 Å². The maximum absolute atomic E-state index is 11.1. The number of carboxylic acids is 1. The van der Waals surface area contributed by atoms with Crippen LogP contribution in [0.2, 0.25) is 0 Å². The lowest BCUT2D eigenvalue weighted by Gasteiger charge is -2.06. The molecule has 0 heterocycles. The van der Waals surface area contributed by atoms with Crippen molar-refractivity contribution >= 4 is 34.1 Å². The SMILES string of the molecule is NC(N)=NCCC[C@H](N=Cc1cc(Br)ccc1O)C(=O)O. The largest absolute Gasteiger partial charge is 0.507 e. The second kappa shape index (κ2) is 8.25. The van der Waals surface area contributed by atoms with Crippen molar-refractivity contribution in [1.82, 2.24) is 0 Å². The molecule has 0 aromatic heterocycles. The van der Waals surface area contributed by atoms with Crippen molar-refractivity contribution in [3.63, 3.8) is 0 Å². The summed E-state index contributed by atoms with van der Waals surface area (Å²) in [5, 5.41) is 18.8. The zero-order valence-electron chi connectivity index (χ0n) is 11.2. The molecule has 1 atom stereocenters. The van der Waals surface area contributed by atoms with Crippen molar-refractivity contribution in [2.24, 2.45) is 21.5 Å². The topological polar surface area (TPSA) is 134 Å². The monoisotopic (exact) mass is 356 g/mol. The van der Waals surface area contributed by atoms with E-state index in [9.17, 15) is 9.90 Å². The number of aromatic hydroxyl groups is 1. The second-order valence-electron chi connectivity index (χ2n) is 4.28. The van der Waals surface area contributed by atoms with Crippen LogP contribution in [0.3, 0.4) is 0 Å². The summed E-state index contributed by atoms with van der Waals surface area (Å²) in [5.41, 5.74) is 10.8. The third-order valence-corrected chi connectivity index (χ3v) is 3.09. The van der Waals surface area contributed by atoms with Gasteiger partial charge in [0.05, 0.1) is 0 Å². The van der Waals surface area contributed by atoms with Crippen LogP contribution in [0, 0.1) is 0 Å². The van der Waals surface area contributed by atoms with Crippen molar-refractivity contribution in [3.8, 4) is 5.75 Å². The van der Waals surface area contributed by atoms with Gasteiger partial charge in [0.2, 0.25) is 0 Å². The van der Waals surface area contributed by atoms with Crippen LogP contribution in [-0.2, 0) is 4.79 Å². The highest BCUT2D eigenvalue weighted by Crippen LogP contribution is 2.20. The van der Waals surface area contributed by atoms with Crippen molar-refractivity contribution in [3.05, 3.63) is 28.2 Å². The Morgan fingerprint density at radius 1 is 1.43 bits per heavy atom. The van der Waals surface area contributed by atoms with Crippen molar-refractivity contribution < 1.29 is 15.0 Å². The Labute approximate surface area is 130 Å². The molecular weight excluding hydrogens is 340 g/mol. The van der Waals surface area contributed by atoms with Gasteiger partial charge < -0.3 is 21.7 Å². The van der Waals surface area contributed by atoms with Gasteiger partial charge in [-0.2, -0.15) is 0 Å². The van der Waals surface area contributed by atoms with E-state index in [1.165, 1.54) is 12.3 Å². The lowest BCUT2D eigenvalue weighted by atomic mass is 10.1. The third kappa shape index (κ3) is 6.26. The quantitative estimate of drug-likeness (QED) is 0.329. The highest BCUT2D eigenvalue weighted by molar-refractivity contribution is 9.10. The van der Waals surface area contributed by atoms with Gasteiger partial charge in [0.25, 0.3) is 0 Å². The average molecular weight is 357 g/mol. The fourth-order valence-electron chi connectivity index (χ4n) is 1.55. The molecule has 0 aliphatic carbocycles. The highest BCUT2D eigenvalue weighted by atomic mass is 79.9. The molecule has 0 unspecified atom stereocenters. The molecule has 0 spiro atoms. The van der Waals surface area contributed by atoms with E-state index >= 15 is 0 Å². The molecule has 0 bridgehead atoms. The number of carboxylic acid groups (broad SMARTS) is 1. The molecule has 0 fully saturated rings. The smallest absolute Gasteiger partial charge is 0.328 e. The van der Waals surface area contributed by atoms with Crippen LogP contribution >= 0.6 is 15.9 Å². The van der Waals surface area contributed by atoms with Gasteiger partial charge in [0.1, 0.15) is 11.8 Å². The highest BCUT2D eigenvalue weighted by Gasteiger charge is 2.14. The number of aliphatic carboxylic acids is 1. The average Bonchev–Trinajstić information content (AvgIpc) is 2.40. The molecule has 0 aliphatic rings. The number of benzene rings is 1. The molecule has 21 heavy (non-hydrogen) atoms. The Morgan fingerprint density at radius 3 is 2.76 bits per heavy atom. The van der Waals surface area contributed by atoms with Crippen molar-refractivity contribution in [2.75, 3.05) is 6.54 Å². The fourth-order valence-corrected chi connectivity index (χ4v) is 1.93. The molecule has 0 saturated heterocycles. The van der Waals surface area contributed by atoms with Gasteiger partial charge >= 0.3 is 5.97 Å². The summed E-state index contributed by atoms with van der Waals surface area (Å²) in [5.74, 6) is -1.03. The molecule has 0 amide bonds. The summed E-state index contributed by atoms with van der Waals surface area (Å²) < 4.78 is 0.765. The van der Waals surface area contributed by atoms with Gasteiger partial charge in [-0.25, -0.2) is 4.79 Å². The number of halogens is 1. The number of carbonyl (C=O) groups is 1. The van der Waals surface area contributed by atoms with Gasteiger partial charge in [-0.3, -0.25) is 9.98 Å². The van der Waals surface area contributed by atoms with Crippen molar-refractivity contribution in [1.29, 1.82) is 0 Å². The first-order chi connectivity index (χ1) is 9.90. The second-order valence-corrected chi connectivity index (χ2v) is 5.20. The molecule has 7 nitrogen and oxygen atoms in total. The lowest BCUT2D eigenvalue weighted by Crippen LogP contribution is -2.23. The van der Waals surface area contributed by atoms with Crippen LogP contribution in [0.15, 0.2) is 32.7 Å². The number of phenolic OH excluding ortho intramolecular Hbond substituents is 1. The fraction of sp³-hybridized carbons (Fsp3) is 0.308. The van der Waals surface area contributed by atoms with E-state index in [-0.39, 0.29) is 11.7 Å². The Morgan fingerprint density at radius 2 is 2.14 bits per heavy atom. The van der Waals surface area contributed by atoms with E-state index in [4.69, 9.17) is 16.6 Å². The van der Waals surface area contributed by atoms with Crippen LogP contribution in [0.25, 0.3) is 0 Å². The van der Waals surface area contributed by atoms with Gasteiger partial charge in [0, 0.05) is 22.8 Å². The minimum absolute atomic E-state index is 0.0237.